The smallest absolute Gasteiger partial charge is 0.355 e. The number of rotatable bonds is 6. The molecule has 0 atom stereocenters. The molecule has 1 aromatic heterocycles. The van der Waals surface area contributed by atoms with Gasteiger partial charge in [0, 0.05) is 5.38 Å². The zero-order valence-electron chi connectivity index (χ0n) is 11.3. The molecule has 7 heteroatoms. The molecule has 0 saturated carbocycles. The number of hydrogen-bond acceptors (Lipinski definition) is 5. The number of thiazole rings is 1. The Morgan fingerprint density at radius 1 is 1.33 bits per heavy atom. The number of hydrogen-bond donors (Lipinski definition) is 2. The predicted octanol–water partition coefficient (Wildman–Crippen LogP) is 1.71. The third-order valence-corrected chi connectivity index (χ3v) is 3.58. The normalized spacial score (nSPS) is 10.1. The van der Waals surface area contributed by atoms with Crippen molar-refractivity contribution >= 4 is 23.2 Å². The van der Waals surface area contributed by atoms with Gasteiger partial charge in [-0.05, 0) is 17.7 Å². The first-order valence-corrected chi connectivity index (χ1v) is 7.04. The van der Waals surface area contributed by atoms with Crippen LogP contribution in [-0.4, -0.2) is 29.1 Å². The van der Waals surface area contributed by atoms with Crippen molar-refractivity contribution in [1.29, 1.82) is 0 Å². The molecule has 1 aromatic carbocycles. The van der Waals surface area contributed by atoms with Gasteiger partial charge in [-0.1, -0.05) is 12.1 Å². The van der Waals surface area contributed by atoms with Crippen molar-refractivity contribution in [2.45, 2.75) is 13.0 Å². The molecule has 1 heterocycles. The predicted molar refractivity (Wildman–Crippen MR) is 77.6 cm³/mol. The van der Waals surface area contributed by atoms with E-state index >= 15 is 0 Å². The van der Waals surface area contributed by atoms with Crippen LogP contribution < -0.4 is 10.1 Å². The van der Waals surface area contributed by atoms with Crippen LogP contribution in [0.3, 0.4) is 0 Å². The highest BCUT2D eigenvalue weighted by atomic mass is 32.1. The lowest BCUT2D eigenvalue weighted by Gasteiger charge is -2.04. The third-order valence-electron chi connectivity index (χ3n) is 2.73. The number of benzene rings is 1. The maximum Gasteiger partial charge on any atom is 0.355 e. The van der Waals surface area contributed by atoms with Crippen molar-refractivity contribution in [2.24, 2.45) is 0 Å². The van der Waals surface area contributed by atoms with E-state index < -0.39 is 5.97 Å². The first kappa shape index (κ1) is 15.0. The summed E-state index contributed by atoms with van der Waals surface area (Å²) < 4.78 is 5.05. The number of methoxy groups -OCH3 is 1. The quantitative estimate of drug-likeness (QED) is 0.848. The van der Waals surface area contributed by atoms with Gasteiger partial charge < -0.3 is 15.2 Å². The van der Waals surface area contributed by atoms with Gasteiger partial charge in [0.25, 0.3) is 0 Å². The number of carboxylic acids is 1. The van der Waals surface area contributed by atoms with Crippen LogP contribution in [0.5, 0.6) is 5.75 Å². The van der Waals surface area contributed by atoms with Gasteiger partial charge in [0.2, 0.25) is 5.91 Å². The Morgan fingerprint density at radius 2 is 2.05 bits per heavy atom. The number of amides is 1. The van der Waals surface area contributed by atoms with Crippen LogP contribution in [0.25, 0.3) is 0 Å². The second-order valence-electron chi connectivity index (χ2n) is 4.23. The van der Waals surface area contributed by atoms with Gasteiger partial charge in [0.05, 0.1) is 20.1 Å². The Labute approximate surface area is 125 Å². The second kappa shape index (κ2) is 6.85. The molecule has 0 spiro atoms. The zero-order chi connectivity index (χ0) is 15.2. The van der Waals surface area contributed by atoms with Crippen molar-refractivity contribution in [3.05, 3.63) is 45.9 Å². The summed E-state index contributed by atoms with van der Waals surface area (Å²) in [5.41, 5.74) is 0.873. The minimum absolute atomic E-state index is 0.000552. The largest absolute Gasteiger partial charge is 0.497 e. The summed E-state index contributed by atoms with van der Waals surface area (Å²) in [6.07, 6.45) is 0.251. The lowest BCUT2D eigenvalue weighted by molar-refractivity contribution is -0.120. The van der Waals surface area contributed by atoms with Crippen molar-refractivity contribution < 1.29 is 19.4 Å². The fraction of sp³-hybridized carbons (Fsp3) is 0.214. The van der Waals surface area contributed by atoms with E-state index in [9.17, 15) is 9.59 Å². The number of carboxylic acid groups (broad SMARTS) is 1. The van der Waals surface area contributed by atoms with Gasteiger partial charge in [-0.15, -0.1) is 11.3 Å². The zero-order valence-corrected chi connectivity index (χ0v) is 12.1. The van der Waals surface area contributed by atoms with E-state index in [-0.39, 0.29) is 24.6 Å². The minimum atomic E-state index is -1.07. The lowest BCUT2D eigenvalue weighted by Crippen LogP contribution is -2.24. The number of carbonyl (C=O) groups is 2. The molecule has 0 unspecified atom stereocenters. The molecule has 1 amide bonds. The molecular formula is C14H14N2O4S. The first-order chi connectivity index (χ1) is 10.1. The molecule has 0 saturated heterocycles. The van der Waals surface area contributed by atoms with Crippen LogP contribution in [0, 0.1) is 0 Å². The number of nitrogens with zero attached hydrogens (tertiary/aromatic N) is 1. The molecule has 0 bridgehead atoms. The standard InChI is InChI=1S/C14H14N2O4S/c1-20-10-4-2-9(3-5-10)6-12(17)15-7-13-16-11(8-21-13)14(18)19/h2-5,8H,6-7H2,1H3,(H,15,17)(H,18,19). The Hall–Kier alpha value is -2.41. The summed E-state index contributed by atoms with van der Waals surface area (Å²) in [6.45, 7) is 0.229. The van der Waals surface area contributed by atoms with Crippen LogP contribution in [0.2, 0.25) is 0 Å². The SMILES string of the molecule is COc1ccc(CC(=O)NCc2nc(C(=O)O)cs2)cc1. The van der Waals surface area contributed by atoms with Crippen molar-refractivity contribution in [3.63, 3.8) is 0 Å². The lowest BCUT2D eigenvalue weighted by atomic mass is 10.1. The summed E-state index contributed by atoms with van der Waals surface area (Å²) in [4.78, 5) is 26.4. The molecule has 2 N–H and O–H groups in total. The number of aromatic nitrogens is 1. The van der Waals surface area contributed by atoms with E-state index in [1.807, 2.05) is 12.1 Å². The van der Waals surface area contributed by atoms with Gasteiger partial charge in [-0.25, -0.2) is 9.78 Å². The second-order valence-corrected chi connectivity index (χ2v) is 5.18. The number of nitrogens with one attached hydrogen (secondary N) is 1. The average molecular weight is 306 g/mol. The Bertz CT molecular complexity index is 637. The average Bonchev–Trinajstić information content (AvgIpc) is 2.95. The highest BCUT2D eigenvalue weighted by molar-refractivity contribution is 7.09. The summed E-state index contributed by atoms with van der Waals surface area (Å²) >= 11 is 1.21. The van der Waals surface area contributed by atoms with E-state index in [1.165, 1.54) is 16.7 Å². The van der Waals surface area contributed by atoms with Gasteiger partial charge in [0.1, 0.15) is 10.8 Å². The Kier molecular flexibility index (Phi) is 4.89. The molecule has 6 nitrogen and oxygen atoms in total. The van der Waals surface area contributed by atoms with E-state index in [4.69, 9.17) is 9.84 Å². The third kappa shape index (κ3) is 4.28. The van der Waals surface area contributed by atoms with E-state index in [1.54, 1.807) is 19.2 Å². The highest BCUT2D eigenvalue weighted by Gasteiger charge is 2.09. The molecule has 110 valence electrons. The van der Waals surface area contributed by atoms with Crippen molar-refractivity contribution in [1.82, 2.24) is 10.3 Å². The first-order valence-electron chi connectivity index (χ1n) is 6.16. The Morgan fingerprint density at radius 3 is 2.62 bits per heavy atom. The fourth-order valence-electron chi connectivity index (χ4n) is 1.66. The maximum atomic E-state index is 11.8. The van der Waals surface area contributed by atoms with Crippen LogP contribution in [0.4, 0.5) is 0 Å². The molecule has 2 rings (SSSR count). The molecule has 0 aliphatic carbocycles. The van der Waals surface area contributed by atoms with E-state index in [2.05, 4.69) is 10.3 Å². The molecule has 0 fully saturated rings. The summed E-state index contributed by atoms with van der Waals surface area (Å²) in [7, 11) is 1.58. The van der Waals surface area contributed by atoms with Crippen LogP contribution in [-0.2, 0) is 17.8 Å². The van der Waals surface area contributed by atoms with Gasteiger partial charge in [-0.2, -0.15) is 0 Å². The van der Waals surface area contributed by atoms with Gasteiger partial charge in [0.15, 0.2) is 5.69 Å². The number of aromatic carboxylic acids is 1. The maximum absolute atomic E-state index is 11.8. The van der Waals surface area contributed by atoms with Crippen LogP contribution in [0.1, 0.15) is 21.1 Å². The van der Waals surface area contributed by atoms with Crippen molar-refractivity contribution in [2.75, 3.05) is 7.11 Å². The molecule has 2 aromatic rings. The molecule has 0 aliphatic rings. The number of carbonyl (C=O) groups excluding carboxylic acids is 1. The van der Waals surface area contributed by atoms with Crippen molar-refractivity contribution in [3.8, 4) is 5.75 Å². The van der Waals surface area contributed by atoms with E-state index in [0.717, 1.165) is 11.3 Å². The molecular weight excluding hydrogens is 292 g/mol. The number of ether oxygens (including phenoxy) is 1. The topological polar surface area (TPSA) is 88.5 Å². The van der Waals surface area contributed by atoms with Crippen LogP contribution >= 0.6 is 11.3 Å². The molecule has 0 aliphatic heterocycles. The van der Waals surface area contributed by atoms with Gasteiger partial charge in [-0.3, -0.25) is 4.79 Å². The summed E-state index contributed by atoms with van der Waals surface area (Å²) in [6, 6.07) is 7.24. The van der Waals surface area contributed by atoms with E-state index in [0.29, 0.717) is 5.01 Å². The monoisotopic (exact) mass is 306 g/mol. The van der Waals surface area contributed by atoms with Crippen LogP contribution in [0.15, 0.2) is 29.6 Å². The summed E-state index contributed by atoms with van der Waals surface area (Å²) in [5, 5.41) is 13.5. The summed E-state index contributed by atoms with van der Waals surface area (Å²) in [5.74, 6) is -0.475. The molecule has 0 radical (unpaired) electrons. The fourth-order valence-corrected chi connectivity index (χ4v) is 2.36. The van der Waals surface area contributed by atoms with Gasteiger partial charge >= 0.3 is 5.97 Å². The highest BCUT2D eigenvalue weighted by Crippen LogP contribution is 2.12. The molecule has 21 heavy (non-hydrogen) atoms. The minimum Gasteiger partial charge on any atom is -0.497 e. The Balaban J connectivity index is 1.84.